The fourth-order valence-electron chi connectivity index (χ4n) is 2.05. The van der Waals surface area contributed by atoms with Gasteiger partial charge in [0.1, 0.15) is 0 Å². The Morgan fingerprint density at radius 3 is 2.45 bits per heavy atom. The first-order chi connectivity index (χ1) is 9.55. The smallest absolute Gasteiger partial charge is 0.179 e. The van der Waals surface area contributed by atoms with Crippen molar-refractivity contribution in [2.24, 2.45) is 0 Å². The lowest BCUT2D eigenvalue weighted by molar-refractivity contribution is 0.0996. The molecule has 0 unspecified atom stereocenters. The maximum absolute atomic E-state index is 12.3. The Labute approximate surface area is 122 Å². The lowest BCUT2D eigenvalue weighted by Crippen LogP contribution is -2.03. The lowest BCUT2D eigenvalue weighted by Gasteiger charge is -2.09. The van der Waals surface area contributed by atoms with Gasteiger partial charge in [-0.05, 0) is 31.5 Å². The molecule has 0 spiro atoms. The van der Waals surface area contributed by atoms with Crippen LogP contribution in [0.2, 0.25) is 0 Å². The third-order valence-electron chi connectivity index (χ3n) is 2.97. The minimum absolute atomic E-state index is 0.0836. The van der Waals surface area contributed by atoms with Crippen LogP contribution in [0.1, 0.15) is 25.9 Å². The van der Waals surface area contributed by atoms with E-state index in [-0.39, 0.29) is 5.78 Å². The lowest BCUT2D eigenvalue weighted by atomic mass is 10.1. The van der Waals surface area contributed by atoms with E-state index in [9.17, 15) is 4.79 Å². The topological polar surface area (TPSA) is 48.4 Å². The summed E-state index contributed by atoms with van der Waals surface area (Å²) in [5, 5.41) is 0.915. The number of hydrogen-bond donors (Lipinski definition) is 0. The Balaban J connectivity index is 2.22. The average Bonchev–Trinajstić information content (AvgIpc) is 2.77. The van der Waals surface area contributed by atoms with Gasteiger partial charge in [0.05, 0.1) is 29.8 Å². The zero-order valence-electron chi connectivity index (χ0n) is 12.0. The quantitative estimate of drug-likeness (QED) is 0.794. The van der Waals surface area contributed by atoms with Gasteiger partial charge in [0.15, 0.2) is 17.3 Å². The minimum atomic E-state index is 0.0836. The molecular formula is C15H17NO3S. The second kappa shape index (κ2) is 6.05. The van der Waals surface area contributed by atoms with Crippen molar-refractivity contribution in [2.75, 3.05) is 14.2 Å². The van der Waals surface area contributed by atoms with Gasteiger partial charge in [-0.15, -0.1) is 11.3 Å². The molecule has 4 nitrogen and oxygen atoms in total. The van der Waals surface area contributed by atoms with Crippen molar-refractivity contribution in [1.82, 2.24) is 4.98 Å². The number of thiazole rings is 1. The Morgan fingerprint density at radius 2 is 1.90 bits per heavy atom. The number of rotatable bonds is 5. The molecule has 0 atom stereocenters. The van der Waals surface area contributed by atoms with Gasteiger partial charge in [-0.25, -0.2) is 4.98 Å². The molecule has 0 saturated heterocycles. The van der Waals surface area contributed by atoms with Crippen molar-refractivity contribution in [3.05, 3.63) is 39.3 Å². The summed E-state index contributed by atoms with van der Waals surface area (Å²) in [4.78, 5) is 17.3. The molecule has 0 aliphatic heterocycles. The van der Waals surface area contributed by atoms with E-state index in [0.29, 0.717) is 17.9 Å². The van der Waals surface area contributed by atoms with Gasteiger partial charge in [0.2, 0.25) is 0 Å². The van der Waals surface area contributed by atoms with Gasteiger partial charge >= 0.3 is 0 Å². The van der Waals surface area contributed by atoms with E-state index in [1.807, 2.05) is 32.0 Å². The van der Waals surface area contributed by atoms with E-state index in [4.69, 9.17) is 9.47 Å². The van der Waals surface area contributed by atoms with E-state index in [1.165, 1.54) is 11.3 Å². The molecule has 0 bridgehead atoms. The maximum atomic E-state index is 12.3. The highest BCUT2D eigenvalue weighted by Gasteiger charge is 2.15. The Kier molecular flexibility index (Phi) is 4.39. The number of carbonyl (C=O) groups excluding carboxylic acids is 1. The van der Waals surface area contributed by atoms with Crippen LogP contribution in [0, 0.1) is 13.8 Å². The van der Waals surface area contributed by atoms with Crippen molar-refractivity contribution in [3.8, 4) is 11.5 Å². The van der Waals surface area contributed by atoms with Crippen LogP contribution in [0.4, 0.5) is 0 Å². The molecule has 5 heteroatoms. The summed E-state index contributed by atoms with van der Waals surface area (Å²) in [5.41, 5.74) is 1.70. The fourth-order valence-corrected chi connectivity index (χ4v) is 2.90. The molecule has 1 aromatic heterocycles. The molecule has 1 aromatic carbocycles. The van der Waals surface area contributed by atoms with Crippen molar-refractivity contribution in [1.29, 1.82) is 0 Å². The third kappa shape index (κ3) is 2.99. The first-order valence-corrected chi connectivity index (χ1v) is 7.05. The Morgan fingerprint density at radius 1 is 1.20 bits per heavy atom. The summed E-state index contributed by atoms with van der Waals surface area (Å²) in [6.07, 6.45) is 0.336. The van der Waals surface area contributed by atoms with Crippen LogP contribution >= 0.6 is 11.3 Å². The number of nitrogens with zero attached hydrogens (tertiary/aromatic N) is 1. The molecule has 0 aliphatic carbocycles. The SMILES string of the molecule is COc1ccc(CC(=O)c2sc(C)nc2C)cc1OC. The van der Waals surface area contributed by atoms with Gasteiger partial charge in [-0.2, -0.15) is 0 Å². The van der Waals surface area contributed by atoms with Crippen molar-refractivity contribution in [2.45, 2.75) is 20.3 Å². The number of carbonyl (C=O) groups is 1. The molecule has 1 heterocycles. The van der Waals surface area contributed by atoms with E-state index < -0.39 is 0 Å². The van der Waals surface area contributed by atoms with Crippen molar-refractivity contribution in [3.63, 3.8) is 0 Å². The molecule has 0 aliphatic rings. The van der Waals surface area contributed by atoms with Gasteiger partial charge in [-0.3, -0.25) is 4.79 Å². The molecule has 2 aromatic rings. The predicted octanol–water partition coefficient (Wildman–Crippen LogP) is 3.20. The zero-order valence-corrected chi connectivity index (χ0v) is 12.8. The normalized spacial score (nSPS) is 10.4. The summed E-state index contributed by atoms with van der Waals surface area (Å²) < 4.78 is 10.4. The number of ether oxygens (including phenoxy) is 2. The summed E-state index contributed by atoms with van der Waals surface area (Å²) >= 11 is 1.44. The molecule has 0 N–H and O–H groups in total. The third-order valence-corrected chi connectivity index (χ3v) is 4.08. The molecule has 20 heavy (non-hydrogen) atoms. The highest BCUT2D eigenvalue weighted by Crippen LogP contribution is 2.28. The van der Waals surface area contributed by atoms with Crippen molar-refractivity contribution >= 4 is 17.1 Å². The number of aromatic nitrogens is 1. The Hall–Kier alpha value is -1.88. The van der Waals surface area contributed by atoms with E-state index in [1.54, 1.807) is 14.2 Å². The number of aryl methyl sites for hydroxylation is 2. The molecule has 2 rings (SSSR count). The molecule has 0 saturated carbocycles. The van der Waals surface area contributed by atoms with Crippen LogP contribution in [0.15, 0.2) is 18.2 Å². The first kappa shape index (κ1) is 14.5. The summed E-state index contributed by atoms with van der Waals surface area (Å²) in [7, 11) is 3.17. The van der Waals surface area contributed by atoms with E-state index in [2.05, 4.69) is 4.98 Å². The van der Waals surface area contributed by atoms with Gasteiger partial charge in [0, 0.05) is 6.42 Å². The van der Waals surface area contributed by atoms with Crippen molar-refractivity contribution < 1.29 is 14.3 Å². The second-order valence-corrected chi connectivity index (χ2v) is 5.64. The van der Waals surface area contributed by atoms with Crippen LogP contribution in [0.25, 0.3) is 0 Å². The number of ketones is 1. The van der Waals surface area contributed by atoms with E-state index >= 15 is 0 Å². The molecule has 106 valence electrons. The molecule has 0 amide bonds. The number of methoxy groups -OCH3 is 2. The van der Waals surface area contributed by atoms with Gasteiger partial charge < -0.3 is 9.47 Å². The monoisotopic (exact) mass is 291 g/mol. The maximum Gasteiger partial charge on any atom is 0.179 e. The van der Waals surface area contributed by atoms with Crippen LogP contribution < -0.4 is 9.47 Å². The Bertz CT molecular complexity index is 634. The van der Waals surface area contributed by atoms with Crippen LogP contribution in [0.5, 0.6) is 11.5 Å². The van der Waals surface area contributed by atoms with Crippen LogP contribution in [-0.2, 0) is 6.42 Å². The summed E-state index contributed by atoms with van der Waals surface area (Å²) in [6.45, 7) is 3.77. The highest BCUT2D eigenvalue weighted by atomic mass is 32.1. The molecule has 0 fully saturated rings. The number of benzene rings is 1. The summed E-state index contributed by atoms with van der Waals surface area (Å²) in [5.74, 6) is 1.38. The highest BCUT2D eigenvalue weighted by molar-refractivity contribution is 7.13. The van der Waals surface area contributed by atoms with Crippen LogP contribution in [-0.4, -0.2) is 25.0 Å². The zero-order chi connectivity index (χ0) is 14.7. The van der Waals surface area contributed by atoms with Crippen LogP contribution in [0.3, 0.4) is 0 Å². The molecular weight excluding hydrogens is 274 g/mol. The number of hydrogen-bond acceptors (Lipinski definition) is 5. The standard InChI is InChI=1S/C15H17NO3S/c1-9-15(20-10(2)16-9)12(17)7-11-5-6-13(18-3)14(8-11)19-4/h5-6,8H,7H2,1-4H3. The number of Topliss-reactive ketones (excluding diaryl/α,β-unsaturated/α-hetero) is 1. The first-order valence-electron chi connectivity index (χ1n) is 6.23. The predicted molar refractivity (Wildman–Crippen MR) is 79.2 cm³/mol. The largest absolute Gasteiger partial charge is 0.493 e. The van der Waals surface area contributed by atoms with Gasteiger partial charge in [0.25, 0.3) is 0 Å². The minimum Gasteiger partial charge on any atom is -0.493 e. The fraction of sp³-hybridized carbons (Fsp3) is 0.333. The van der Waals surface area contributed by atoms with E-state index in [0.717, 1.165) is 21.1 Å². The average molecular weight is 291 g/mol. The molecule has 0 radical (unpaired) electrons. The summed E-state index contributed by atoms with van der Waals surface area (Å²) in [6, 6.07) is 5.52. The second-order valence-electron chi connectivity index (χ2n) is 4.44. The van der Waals surface area contributed by atoms with Gasteiger partial charge in [-0.1, -0.05) is 6.07 Å².